The number of aromatic hydroxyl groups is 1. The highest BCUT2D eigenvalue weighted by Crippen LogP contribution is 2.26. The van der Waals surface area contributed by atoms with E-state index in [0.717, 1.165) is 31.5 Å². The van der Waals surface area contributed by atoms with Crippen molar-refractivity contribution in [1.29, 1.82) is 0 Å². The summed E-state index contributed by atoms with van der Waals surface area (Å²) < 4.78 is 7.48. The van der Waals surface area contributed by atoms with Crippen molar-refractivity contribution in [3.63, 3.8) is 0 Å². The average Bonchev–Trinajstić information content (AvgIpc) is 2.86. The molecule has 3 rings (SSSR count). The molecule has 6 heteroatoms. The number of carboxylic acids is 1. The van der Waals surface area contributed by atoms with Crippen LogP contribution in [0, 0.1) is 0 Å². The topological polar surface area (TPSA) is 84.6 Å². The monoisotopic (exact) mass is 288 g/mol. The third kappa shape index (κ3) is 2.56. The summed E-state index contributed by atoms with van der Waals surface area (Å²) in [6, 6.07) is 6.67. The molecule has 0 spiro atoms. The van der Waals surface area contributed by atoms with Gasteiger partial charge in [0, 0.05) is 6.54 Å². The number of carbonyl (C=O) groups is 1. The van der Waals surface area contributed by atoms with Gasteiger partial charge in [-0.25, -0.2) is 9.78 Å². The van der Waals surface area contributed by atoms with E-state index in [9.17, 15) is 15.0 Å². The number of ether oxygens (including phenoxy) is 1. The molecule has 1 aliphatic heterocycles. The van der Waals surface area contributed by atoms with E-state index in [4.69, 9.17) is 4.74 Å². The van der Waals surface area contributed by atoms with Gasteiger partial charge in [-0.05, 0) is 31.4 Å². The Morgan fingerprint density at radius 2 is 2.14 bits per heavy atom. The number of fused-ring (bicyclic) bond motifs is 1. The number of hydrogen-bond acceptors (Lipinski definition) is 4. The van der Waals surface area contributed by atoms with E-state index >= 15 is 0 Å². The van der Waals surface area contributed by atoms with Crippen molar-refractivity contribution in [3.8, 4) is 11.5 Å². The Hall–Kier alpha value is -2.50. The van der Waals surface area contributed by atoms with Gasteiger partial charge in [-0.1, -0.05) is 12.1 Å². The number of hydrogen-bond donors (Lipinski definition) is 2. The molecule has 1 aliphatic rings. The summed E-state index contributed by atoms with van der Waals surface area (Å²) >= 11 is 0. The number of imidazole rings is 1. The predicted molar refractivity (Wildman–Crippen MR) is 74.6 cm³/mol. The van der Waals surface area contributed by atoms with Crippen LogP contribution in [0.15, 0.2) is 24.3 Å². The average molecular weight is 288 g/mol. The molecule has 0 fully saturated rings. The molecule has 0 unspecified atom stereocenters. The van der Waals surface area contributed by atoms with Crippen molar-refractivity contribution < 1.29 is 19.7 Å². The highest BCUT2D eigenvalue weighted by atomic mass is 16.5. The fourth-order valence-corrected chi connectivity index (χ4v) is 2.62. The van der Waals surface area contributed by atoms with Crippen molar-refractivity contribution in [3.05, 3.63) is 41.5 Å². The zero-order chi connectivity index (χ0) is 14.8. The lowest BCUT2D eigenvalue weighted by Gasteiger charge is -2.17. The minimum Gasteiger partial charge on any atom is -0.504 e. The van der Waals surface area contributed by atoms with Crippen LogP contribution in [0.2, 0.25) is 0 Å². The Kier molecular flexibility index (Phi) is 3.51. The van der Waals surface area contributed by atoms with Crippen LogP contribution in [0.3, 0.4) is 0 Å². The Bertz CT molecular complexity index is 678. The second-order valence-electron chi connectivity index (χ2n) is 4.99. The Labute approximate surface area is 121 Å². The van der Waals surface area contributed by atoms with Crippen LogP contribution in [0.1, 0.15) is 34.8 Å². The molecule has 6 nitrogen and oxygen atoms in total. The summed E-state index contributed by atoms with van der Waals surface area (Å²) in [6.07, 6.45) is 2.71. The van der Waals surface area contributed by atoms with E-state index in [1.165, 1.54) is 0 Å². The molecule has 0 amide bonds. The van der Waals surface area contributed by atoms with Crippen LogP contribution in [-0.4, -0.2) is 25.7 Å². The molecule has 0 radical (unpaired) electrons. The van der Waals surface area contributed by atoms with Crippen LogP contribution < -0.4 is 4.74 Å². The fourth-order valence-electron chi connectivity index (χ4n) is 2.62. The standard InChI is InChI=1S/C15H16N2O4/c18-11-6-1-2-7-12(11)21-9-13-16-14(15(19)20)10-5-3-4-8-17(10)13/h1-2,6-7,18H,3-5,8-9H2,(H,19,20). The quantitative estimate of drug-likeness (QED) is 0.901. The van der Waals surface area contributed by atoms with E-state index in [0.29, 0.717) is 11.6 Å². The largest absolute Gasteiger partial charge is 0.504 e. The maximum Gasteiger partial charge on any atom is 0.356 e. The van der Waals surface area contributed by atoms with Gasteiger partial charge >= 0.3 is 5.97 Å². The zero-order valence-corrected chi connectivity index (χ0v) is 11.5. The van der Waals surface area contributed by atoms with Crippen LogP contribution in [0.4, 0.5) is 0 Å². The number of rotatable bonds is 4. The molecule has 2 aromatic rings. The van der Waals surface area contributed by atoms with Crippen LogP contribution in [0.5, 0.6) is 11.5 Å². The second kappa shape index (κ2) is 5.47. The van der Waals surface area contributed by atoms with Gasteiger partial charge < -0.3 is 19.5 Å². The summed E-state index contributed by atoms with van der Waals surface area (Å²) in [5.74, 6) is 0.00345. The van der Waals surface area contributed by atoms with Crippen molar-refractivity contribution in [2.24, 2.45) is 0 Å². The predicted octanol–water partition coefficient (Wildman–Crippen LogP) is 2.20. The third-order valence-electron chi connectivity index (χ3n) is 3.62. The van der Waals surface area contributed by atoms with E-state index in [2.05, 4.69) is 4.98 Å². The fraction of sp³-hybridized carbons (Fsp3) is 0.333. The molecule has 0 atom stereocenters. The SMILES string of the molecule is O=C(O)c1nc(COc2ccccc2O)n2c1CCCC2. The minimum absolute atomic E-state index is 0.0568. The van der Waals surface area contributed by atoms with E-state index in [1.54, 1.807) is 24.3 Å². The van der Waals surface area contributed by atoms with Crippen LogP contribution in [0.25, 0.3) is 0 Å². The van der Waals surface area contributed by atoms with Gasteiger partial charge in [0.25, 0.3) is 0 Å². The summed E-state index contributed by atoms with van der Waals surface area (Å²) in [6.45, 7) is 0.896. The van der Waals surface area contributed by atoms with Crippen molar-refractivity contribution >= 4 is 5.97 Å². The molecule has 0 saturated heterocycles. The highest BCUT2D eigenvalue weighted by Gasteiger charge is 2.24. The minimum atomic E-state index is -1.01. The first-order chi connectivity index (χ1) is 10.2. The number of nitrogens with zero attached hydrogens (tertiary/aromatic N) is 2. The maximum absolute atomic E-state index is 11.3. The Morgan fingerprint density at radius 3 is 2.90 bits per heavy atom. The van der Waals surface area contributed by atoms with Crippen LogP contribution in [-0.2, 0) is 19.6 Å². The molecule has 0 saturated carbocycles. The lowest BCUT2D eigenvalue weighted by Crippen LogP contribution is -2.15. The molecule has 2 N–H and O–H groups in total. The van der Waals surface area contributed by atoms with Gasteiger partial charge in [0.15, 0.2) is 17.2 Å². The second-order valence-corrected chi connectivity index (χ2v) is 4.99. The Morgan fingerprint density at radius 1 is 1.33 bits per heavy atom. The number of phenols is 1. The first-order valence-electron chi connectivity index (χ1n) is 6.89. The van der Waals surface area contributed by atoms with E-state index in [-0.39, 0.29) is 18.1 Å². The van der Waals surface area contributed by atoms with Crippen LogP contribution >= 0.6 is 0 Å². The smallest absolute Gasteiger partial charge is 0.356 e. The Balaban J connectivity index is 1.86. The molecular weight excluding hydrogens is 272 g/mol. The summed E-state index contributed by atoms with van der Waals surface area (Å²) in [7, 11) is 0. The summed E-state index contributed by atoms with van der Waals surface area (Å²) in [5.41, 5.74) is 0.884. The third-order valence-corrected chi connectivity index (χ3v) is 3.62. The molecule has 0 aliphatic carbocycles. The van der Waals surface area contributed by atoms with Gasteiger partial charge in [-0.3, -0.25) is 0 Å². The van der Waals surface area contributed by atoms with Crippen molar-refractivity contribution in [2.75, 3.05) is 0 Å². The molecular formula is C15H16N2O4. The molecule has 1 aromatic carbocycles. The lowest BCUT2D eigenvalue weighted by molar-refractivity contribution is 0.0689. The molecule has 21 heavy (non-hydrogen) atoms. The normalized spacial score (nSPS) is 13.7. The number of benzene rings is 1. The van der Waals surface area contributed by atoms with E-state index < -0.39 is 5.97 Å². The van der Waals surface area contributed by atoms with E-state index in [1.807, 2.05) is 4.57 Å². The van der Waals surface area contributed by atoms with Gasteiger partial charge in [0.1, 0.15) is 12.4 Å². The highest BCUT2D eigenvalue weighted by molar-refractivity contribution is 5.86. The number of para-hydroxylation sites is 2. The summed E-state index contributed by atoms with van der Waals surface area (Å²) in [5, 5.41) is 18.9. The molecule has 1 aromatic heterocycles. The number of phenolic OH excluding ortho intramolecular Hbond substituents is 1. The van der Waals surface area contributed by atoms with Gasteiger partial charge in [-0.15, -0.1) is 0 Å². The maximum atomic E-state index is 11.3. The first kappa shape index (κ1) is 13.5. The number of aromatic nitrogens is 2. The van der Waals surface area contributed by atoms with Gasteiger partial charge in [0.05, 0.1) is 5.69 Å². The molecule has 110 valence electrons. The lowest BCUT2D eigenvalue weighted by atomic mass is 10.1. The number of aromatic carboxylic acids is 1. The number of carboxylic acid groups (broad SMARTS) is 1. The summed E-state index contributed by atoms with van der Waals surface area (Å²) in [4.78, 5) is 15.5. The van der Waals surface area contributed by atoms with Crippen molar-refractivity contribution in [2.45, 2.75) is 32.4 Å². The van der Waals surface area contributed by atoms with Crippen molar-refractivity contribution in [1.82, 2.24) is 9.55 Å². The van der Waals surface area contributed by atoms with Gasteiger partial charge in [0.2, 0.25) is 0 Å². The first-order valence-corrected chi connectivity index (χ1v) is 6.89. The van der Waals surface area contributed by atoms with Gasteiger partial charge in [-0.2, -0.15) is 0 Å². The molecule has 2 heterocycles. The zero-order valence-electron chi connectivity index (χ0n) is 11.5. The molecule has 0 bridgehead atoms.